The summed E-state index contributed by atoms with van der Waals surface area (Å²) in [6, 6.07) is 8.64. The molecule has 1 aliphatic carbocycles. The second-order valence-electron chi connectivity index (χ2n) is 8.55. The minimum Gasteiger partial charge on any atom is -0.378 e. The van der Waals surface area contributed by atoms with Crippen LogP contribution in [0.25, 0.3) is 5.57 Å². The molecule has 1 saturated carbocycles. The lowest BCUT2D eigenvalue weighted by Crippen LogP contribution is -2.43. The Balaban J connectivity index is 0. The third-order valence-electron chi connectivity index (χ3n) is 5.98. The Labute approximate surface area is 214 Å². The van der Waals surface area contributed by atoms with Gasteiger partial charge in [0.05, 0.1) is 5.54 Å². The molecule has 0 heterocycles. The summed E-state index contributed by atoms with van der Waals surface area (Å²) >= 11 is 0. The average molecular weight is 468 g/mol. The minimum absolute atomic E-state index is 0.193. The zero-order valence-electron chi connectivity index (χ0n) is 24.3. The highest BCUT2D eigenvalue weighted by Gasteiger charge is 2.44. The first-order chi connectivity index (χ1) is 16.5. The van der Waals surface area contributed by atoms with Crippen molar-refractivity contribution in [3.63, 3.8) is 0 Å². The molecule has 1 atom stereocenters. The van der Waals surface area contributed by atoms with Crippen molar-refractivity contribution in [2.24, 2.45) is 5.92 Å². The highest BCUT2D eigenvalue weighted by molar-refractivity contribution is 5.68. The first kappa shape index (κ1) is 34.1. The third kappa shape index (κ3) is 12.4. The van der Waals surface area contributed by atoms with E-state index in [1.54, 1.807) is 6.20 Å². The van der Waals surface area contributed by atoms with Crippen molar-refractivity contribution in [3.8, 4) is 0 Å². The van der Waals surface area contributed by atoms with E-state index in [9.17, 15) is 0 Å². The molecule has 0 aromatic heterocycles. The lowest BCUT2D eigenvalue weighted by atomic mass is 9.82. The summed E-state index contributed by atoms with van der Waals surface area (Å²) in [5.74, 6) is 0.607. The topological polar surface area (TPSA) is 12.0 Å². The van der Waals surface area contributed by atoms with Gasteiger partial charge in [-0.05, 0) is 62.4 Å². The molecule has 1 unspecified atom stereocenters. The van der Waals surface area contributed by atoms with E-state index in [1.165, 1.54) is 73.6 Å². The summed E-state index contributed by atoms with van der Waals surface area (Å²) in [6.07, 6.45) is 19.3. The van der Waals surface area contributed by atoms with E-state index in [0.29, 0.717) is 5.92 Å². The Morgan fingerprint density at radius 3 is 1.94 bits per heavy atom. The van der Waals surface area contributed by atoms with Gasteiger partial charge in [0.1, 0.15) is 0 Å². The zero-order valence-corrected chi connectivity index (χ0v) is 24.3. The molecule has 34 heavy (non-hydrogen) atoms. The van der Waals surface area contributed by atoms with Crippen LogP contribution in [0.4, 0.5) is 0 Å². The van der Waals surface area contributed by atoms with Crippen molar-refractivity contribution in [2.75, 3.05) is 0 Å². The lowest BCUT2D eigenvalue weighted by Gasteiger charge is -2.33. The van der Waals surface area contributed by atoms with Gasteiger partial charge in [0.25, 0.3) is 0 Å². The normalized spacial score (nSPS) is 14.6. The predicted molar refractivity (Wildman–Crippen MR) is 159 cm³/mol. The largest absolute Gasteiger partial charge is 0.378 e. The molecule has 0 aliphatic heterocycles. The molecule has 1 aromatic carbocycles. The molecule has 0 amide bonds. The summed E-state index contributed by atoms with van der Waals surface area (Å²) < 4.78 is 0. The Morgan fingerprint density at radius 2 is 1.56 bits per heavy atom. The minimum atomic E-state index is -0.193. The number of rotatable bonds is 12. The number of unbranched alkanes of at least 4 members (excludes halogenated alkanes) is 5. The van der Waals surface area contributed by atoms with Gasteiger partial charge in [-0.25, -0.2) is 0 Å². The standard InChI is InChI=1S/C21H27N.C8H18.2C2H6/c1-6-19(21(7-2,22-8-3)20-12-13-20)15-17(5)18-11-9-10-16(4)14-18;1-3-5-7-8-6-4-2;2*1-2/h6-11,14-15,20,22H,2-3,12-13H2,1,4-5H3;3-8H2,1-2H3;2*1-2H3/b17-15+,19-6+;;;. The maximum Gasteiger partial charge on any atom is 0.0827 e. The molecule has 1 N–H and O–H groups in total. The zero-order chi connectivity index (χ0) is 26.4. The summed E-state index contributed by atoms with van der Waals surface area (Å²) in [4.78, 5) is 0. The molecule has 1 aliphatic rings. The summed E-state index contributed by atoms with van der Waals surface area (Å²) in [5.41, 5.74) is 4.90. The second kappa shape index (κ2) is 21.5. The number of benzene rings is 1. The number of allylic oxidation sites excluding steroid dienone is 2. The average Bonchev–Trinajstić information content (AvgIpc) is 3.73. The maximum atomic E-state index is 4.10. The number of hydrogen-bond donors (Lipinski definition) is 1. The maximum absolute atomic E-state index is 4.10. The molecular weight excluding hydrogens is 410 g/mol. The highest BCUT2D eigenvalue weighted by Crippen LogP contribution is 2.45. The molecule has 1 nitrogen and oxygen atoms in total. The van der Waals surface area contributed by atoms with Crippen molar-refractivity contribution in [1.82, 2.24) is 5.32 Å². The number of nitrogens with one attached hydrogen (secondary N) is 1. The van der Waals surface area contributed by atoms with E-state index >= 15 is 0 Å². The Morgan fingerprint density at radius 1 is 1.00 bits per heavy atom. The predicted octanol–water partition coefficient (Wildman–Crippen LogP) is 10.8. The lowest BCUT2D eigenvalue weighted by molar-refractivity contribution is 0.474. The van der Waals surface area contributed by atoms with Crippen molar-refractivity contribution >= 4 is 5.57 Å². The summed E-state index contributed by atoms with van der Waals surface area (Å²) in [6.45, 7) is 26.9. The highest BCUT2D eigenvalue weighted by atomic mass is 15.0. The van der Waals surface area contributed by atoms with Gasteiger partial charge >= 0.3 is 0 Å². The van der Waals surface area contributed by atoms with Crippen molar-refractivity contribution < 1.29 is 0 Å². The van der Waals surface area contributed by atoms with Crippen LogP contribution in [-0.4, -0.2) is 5.54 Å². The van der Waals surface area contributed by atoms with E-state index in [1.807, 2.05) is 33.8 Å². The van der Waals surface area contributed by atoms with Gasteiger partial charge in [-0.15, -0.1) is 6.58 Å². The molecule has 0 spiro atoms. The number of aryl methyl sites for hydroxylation is 1. The van der Waals surface area contributed by atoms with Crippen molar-refractivity contribution in [3.05, 3.63) is 78.6 Å². The van der Waals surface area contributed by atoms with E-state index < -0.39 is 0 Å². The van der Waals surface area contributed by atoms with Crippen LogP contribution in [0.2, 0.25) is 0 Å². The molecular formula is C33H57N. The van der Waals surface area contributed by atoms with Crippen LogP contribution in [0.3, 0.4) is 0 Å². The van der Waals surface area contributed by atoms with Gasteiger partial charge in [0.2, 0.25) is 0 Å². The molecule has 194 valence electrons. The van der Waals surface area contributed by atoms with Crippen LogP contribution in [0.1, 0.15) is 118 Å². The fourth-order valence-corrected chi connectivity index (χ4v) is 3.99. The van der Waals surface area contributed by atoms with Gasteiger partial charge < -0.3 is 5.32 Å². The fraction of sp³-hybridized carbons (Fsp3) is 0.576. The van der Waals surface area contributed by atoms with Crippen molar-refractivity contribution in [1.29, 1.82) is 0 Å². The molecule has 0 bridgehead atoms. The van der Waals surface area contributed by atoms with Crippen molar-refractivity contribution in [2.45, 2.75) is 119 Å². The molecule has 0 radical (unpaired) electrons. The van der Waals surface area contributed by atoms with Crippen LogP contribution in [0.15, 0.2) is 67.4 Å². The monoisotopic (exact) mass is 467 g/mol. The number of hydrogen-bond acceptors (Lipinski definition) is 1. The quantitative estimate of drug-likeness (QED) is 0.183. The Kier molecular flexibility index (Phi) is 21.6. The van der Waals surface area contributed by atoms with Gasteiger partial charge in [0, 0.05) is 0 Å². The molecule has 2 rings (SSSR count). The van der Waals surface area contributed by atoms with Crippen LogP contribution < -0.4 is 5.32 Å². The SMILES string of the molecule is C=CNC(C=C)(C(/C=C(\C)c1cccc(C)c1)=C/C)C1CC1.CC.CC.CCCCCCCC. The molecule has 1 fully saturated rings. The van der Waals surface area contributed by atoms with Gasteiger partial charge in [-0.2, -0.15) is 0 Å². The van der Waals surface area contributed by atoms with E-state index in [0.717, 1.165) is 0 Å². The molecule has 1 heteroatoms. The first-order valence-corrected chi connectivity index (χ1v) is 13.9. The van der Waals surface area contributed by atoms with Gasteiger partial charge in [0.15, 0.2) is 0 Å². The third-order valence-corrected chi connectivity index (χ3v) is 5.98. The molecule has 1 aromatic rings. The van der Waals surface area contributed by atoms with Gasteiger partial charge in [-0.1, -0.05) is 135 Å². The van der Waals surface area contributed by atoms with E-state index in [-0.39, 0.29) is 5.54 Å². The van der Waals surface area contributed by atoms with Crippen LogP contribution in [-0.2, 0) is 0 Å². The smallest absolute Gasteiger partial charge is 0.0827 e. The van der Waals surface area contributed by atoms with E-state index in [2.05, 4.69) is 89.5 Å². The molecule has 0 saturated heterocycles. The second-order valence-corrected chi connectivity index (χ2v) is 8.55. The summed E-state index contributed by atoms with van der Waals surface area (Å²) in [7, 11) is 0. The van der Waals surface area contributed by atoms with Crippen LogP contribution >= 0.6 is 0 Å². The summed E-state index contributed by atoms with van der Waals surface area (Å²) in [5, 5.41) is 3.46. The van der Waals surface area contributed by atoms with Crippen LogP contribution in [0, 0.1) is 12.8 Å². The van der Waals surface area contributed by atoms with Crippen LogP contribution in [0.5, 0.6) is 0 Å². The fourth-order valence-electron chi connectivity index (χ4n) is 3.99. The van der Waals surface area contributed by atoms with E-state index in [4.69, 9.17) is 0 Å². The first-order valence-electron chi connectivity index (χ1n) is 13.9. The Hall–Kier alpha value is -2.02. The Bertz CT molecular complexity index is 699. The van der Waals surface area contributed by atoms with Gasteiger partial charge in [-0.3, -0.25) is 0 Å².